The van der Waals surface area contributed by atoms with E-state index in [1.807, 2.05) is 12.3 Å². The molecule has 2 aromatic rings. The number of halogens is 1. The van der Waals surface area contributed by atoms with Crippen LogP contribution >= 0.6 is 15.9 Å². The van der Waals surface area contributed by atoms with Gasteiger partial charge >= 0.3 is 0 Å². The number of alkyl halides is 1. The molecule has 0 bridgehead atoms. The minimum atomic E-state index is -0.0216. The van der Waals surface area contributed by atoms with Crippen molar-refractivity contribution in [1.82, 2.24) is 4.98 Å². The Labute approximate surface area is 169 Å². The van der Waals surface area contributed by atoms with Crippen molar-refractivity contribution in [3.63, 3.8) is 0 Å². The lowest BCUT2D eigenvalue weighted by atomic mass is 9.71. The topological polar surface area (TPSA) is 12.9 Å². The van der Waals surface area contributed by atoms with Crippen molar-refractivity contribution in [1.29, 1.82) is 0 Å². The summed E-state index contributed by atoms with van der Waals surface area (Å²) in [5.74, 6) is 0. The van der Waals surface area contributed by atoms with Crippen molar-refractivity contribution < 1.29 is 0 Å². The Morgan fingerprint density at radius 3 is 2.67 bits per heavy atom. The maximum atomic E-state index is 4.63. The average Bonchev–Trinajstić information content (AvgIpc) is 3.23. The molecule has 0 aliphatic heterocycles. The molecule has 3 aliphatic carbocycles. The highest BCUT2D eigenvalue weighted by molar-refractivity contribution is 9.09. The van der Waals surface area contributed by atoms with Crippen molar-refractivity contribution in [2.24, 2.45) is 5.41 Å². The quantitative estimate of drug-likeness (QED) is 0.489. The van der Waals surface area contributed by atoms with Crippen molar-refractivity contribution in [3.05, 3.63) is 98.9 Å². The van der Waals surface area contributed by atoms with Gasteiger partial charge in [-0.15, -0.1) is 0 Å². The molecule has 3 aliphatic rings. The van der Waals surface area contributed by atoms with Crippen LogP contribution in [0.3, 0.4) is 0 Å². The van der Waals surface area contributed by atoms with Gasteiger partial charge < -0.3 is 0 Å². The predicted molar refractivity (Wildman–Crippen MR) is 117 cm³/mol. The molecule has 0 N–H and O–H groups in total. The zero-order valence-electron chi connectivity index (χ0n) is 15.9. The lowest BCUT2D eigenvalue weighted by Crippen LogP contribution is -2.21. The molecule has 1 aromatic carbocycles. The van der Waals surface area contributed by atoms with E-state index in [2.05, 4.69) is 90.2 Å². The third-order valence-electron chi connectivity index (χ3n) is 6.24. The van der Waals surface area contributed by atoms with Gasteiger partial charge in [0.2, 0.25) is 0 Å². The van der Waals surface area contributed by atoms with Crippen LogP contribution < -0.4 is 0 Å². The van der Waals surface area contributed by atoms with Gasteiger partial charge in [-0.3, -0.25) is 4.98 Å². The van der Waals surface area contributed by atoms with E-state index in [0.29, 0.717) is 0 Å². The number of benzene rings is 1. The fraction of sp³-hybridized carbons (Fsp3) is 0.240. The molecular weight excluding hydrogens is 394 g/mol. The lowest BCUT2D eigenvalue weighted by molar-refractivity contribution is 0.538. The van der Waals surface area contributed by atoms with Crippen LogP contribution in [0.1, 0.15) is 48.0 Å². The van der Waals surface area contributed by atoms with Crippen LogP contribution in [-0.4, -0.2) is 4.98 Å². The van der Waals surface area contributed by atoms with E-state index in [9.17, 15) is 0 Å². The first kappa shape index (κ1) is 16.9. The molecule has 1 unspecified atom stereocenters. The van der Waals surface area contributed by atoms with E-state index in [1.54, 1.807) is 0 Å². The summed E-state index contributed by atoms with van der Waals surface area (Å²) in [7, 11) is 0. The van der Waals surface area contributed by atoms with Crippen LogP contribution in [0.5, 0.6) is 0 Å². The summed E-state index contributed by atoms with van der Waals surface area (Å²) >= 11 is 3.93. The van der Waals surface area contributed by atoms with Crippen LogP contribution in [0, 0.1) is 5.41 Å². The van der Waals surface area contributed by atoms with E-state index in [-0.39, 0.29) is 10.2 Å². The Morgan fingerprint density at radius 2 is 1.85 bits per heavy atom. The van der Waals surface area contributed by atoms with Crippen molar-refractivity contribution >= 4 is 28.1 Å². The number of nitrogens with zero attached hydrogens (tertiary/aromatic N) is 1. The highest BCUT2D eigenvalue weighted by atomic mass is 79.9. The molecule has 1 atom stereocenters. The molecule has 134 valence electrons. The van der Waals surface area contributed by atoms with E-state index < -0.39 is 0 Å². The third-order valence-corrected chi connectivity index (χ3v) is 7.23. The monoisotopic (exact) mass is 415 g/mol. The van der Waals surface area contributed by atoms with Gasteiger partial charge in [0.15, 0.2) is 0 Å². The molecule has 0 amide bonds. The smallest absolute Gasteiger partial charge is 0.0682 e. The summed E-state index contributed by atoms with van der Waals surface area (Å²) in [5.41, 5.74) is 12.1. The third kappa shape index (κ3) is 2.46. The summed E-state index contributed by atoms with van der Waals surface area (Å²) in [4.78, 5) is 4.84. The summed E-state index contributed by atoms with van der Waals surface area (Å²) in [6.07, 6.45) is 9.97. The van der Waals surface area contributed by atoms with E-state index in [0.717, 1.165) is 12.1 Å². The zero-order valence-corrected chi connectivity index (χ0v) is 17.5. The van der Waals surface area contributed by atoms with E-state index >= 15 is 0 Å². The van der Waals surface area contributed by atoms with Gasteiger partial charge in [-0.1, -0.05) is 77.8 Å². The Hall–Kier alpha value is -2.19. The van der Waals surface area contributed by atoms with E-state index in [1.165, 1.54) is 44.6 Å². The zero-order chi connectivity index (χ0) is 18.8. The highest BCUT2D eigenvalue weighted by Gasteiger charge is 2.39. The van der Waals surface area contributed by atoms with Gasteiger partial charge in [-0.2, -0.15) is 0 Å². The summed E-state index contributed by atoms with van der Waals surface area (Å²) in [5, 5.41) is 0. The van der Waals surface area contributed by atoms with Crippen molar-refractivity contribution in [3.8, 4) is 0 Å². The van der Waals surface area contributed by atoms with Gasteiger partial charge in [0.05, 0.1) is 10.5 Å². The molecule has 27 heavy (non-hydrogen) atoms. The summed E-state index contributed by atoms with van der Waals surface area (Å²) in [6, 6.07) is 12.9. The average molecular weight is 416 g/mol. The summed E-state index contributed by atoms with van der Waals surface area (Å²) in [6.45, 7) is 7.00. The predicted octanol–water partition coefficient (Wildman–Crippen LogP) is 6.84. The maximum Gasteiger partial charge on any atom is 0.0682 e. The number of hydrogen-bond donors (Lipinski definition) is 0. The van der Waals surface area contributed by atoms with Crippen molar-refractivity contribution in [2.45, 2.75) is 32.0 Å². The normalized spacial score (nSPS) is 20.6. The second kappa shape index (κ2) is 5.90. The number of allylic oxidation sites excluding steroid dienone is 6. The highest BCUT2D eigenvalue weighted by Crippen LogP contribution is 2.55. The fourth-order valence-electron chi connectivity index (χ4n) is 4.85. The molecule has 0 saturated heterocycles. The molecule has 0 fully saturated rings. The van der Waals surface area contributed by atoms with Gasteiger partial charge in [0, 0.05) is 11.6 Å². The number of hydrogen-bond acceptors (Lipinski definition) is 1. The van der Waals surface area contributed by atoms with Crippen LogP contribution in [0.2, 0.25) is 0 Å². The molecule has 1 nitrogen and oxygen atoms in total. The summed E-state index contributed by atoms with van der Waals surface area (Å²) < 4.78 is 0. The van der Waals surface area contributed by atoms with E-state index in [4.69, 9.17) is 0 Å². The van der Waals surface area contributed by atoms with Crippen LogP contribution in [0.25, 0.3) is 12.2 Å². The number of rotatable bonds is 2. The second-order valence-electron chi connectivity index (χ2n) is 8.23. The molecule has 0 radical (unpaired) electrons. The minimum absolute atomic E-state index is 0.0216. The Kier molecular flexibility index (Phi) is 3.70. The lowest BCUT2D eigenvalue weighted by Gasteiger charge is -2.33. The van der Waals surface area contributed by atoms with Crippen LogP contribution in [0.15, 0.2) is 76.5 Å². The first-order valence-electron chi connectivity index (χ1n) is 9.50. The second-order valence-corrected chi connectivity index (χ2v) is 9.14. The standard InChI is InChI=1S/C25H22BrN/c1-15-11-21-20(14-22-19(24(21)26)9-6-10-27-22)23(15)25(2,3)18-12-16-7-4-5-8-17(16)13-18/h4-12,14,24H,13H2,1-3H3. The van der Waals surface area contributed by atoms with Gasteiger partial charge in [0.1, 0.15) is 0 Å². The number of pyridine rings is 1. The molecule has 2 heteroatoms. The molecule has 0 spiro atoms. The van der Waals surface area contributed by atoms with Gasteiger partial charge in [0.25, 0.3) is 0 Å². The van der Waals surface area contributed by atoms with Crippen molar-refractivity contribution in [2.75, 3.05) is 0 Å². The largest absolute Gasteiger partial charge is 0.257 e. The molecule has 5 rings (SSSR count). The first-order valence-corrected chi connectivity index (χ1v) is 10.4. The molecule has 1 heterocycles. The van der Waals surface area contributed by atoms with Crippen LogP contribution in [-0.2, 0) is 6.42 Å². The Morgan fingerprint density at radius 1 is 1.04 bits per heavy atom. The number of fused-ring (bicyclic) bond motifs is 3. The molecule has 1 aromatic heterocycles. The molecular formula is C25H22BrN. The molecule has 0 saturated carbocycles. The van der Waals surface area contributed by atoms with Crippen LogP contribution in [0.4, 0.5) is 0 Å². The Bertz CT molecular complexity index is 1090. The first-order chi connectivity index (χ1) is 13.0. The fourth-order valence-corrected chi connectivity index (χ4v) is 5.61. The maximum absolute atomic E-state index is 4.63. The van der Waals surface area contributed by atoms with Gasteiger partial charge in [-0.05, 0) is 64.5 Å². The SMILES string of the molecule is CC1=C(C(C)(C)C2=Cc3ccccc3C2)C2=Cc3ncccc3C(Br)C2=C1. The van der Waals surface area contributed by atoms with Gasteiger partial charge in [-0.25, -0.2) is 0 Å². The minimum Gasteiger partial charge on any atom is -0.257 e. The number of aromatic nitrogens is 1. The Balaban J connectivity index is 1.60.